The molecule has 0 saturated carbocycles. The molecule has 0 radical (unpaired) electrons. The van der Waals surface area contributed by atoms with E-state index in [-0.39, 0.29) is 75.6 Å². The fourth-order valence-electron chi connectivity index (χ4n) is 6.10. The normalized spacial score (nSPS) is 16.8. The minimum absolute atomic E-state index is 0.0364. The van der Waals surface area contributed by atoms with Crippen molar-refractivity contribution in [2.45, 2.75) is 51.6 Å². The first-order valence-corrected chi connectivity index (χ1v) is 16.3. The van der Waals surface area contributed by atoms with E-state index in [0.717, 1.165) is 24.0 Å². The molecule has 2 aliphatic heterocycles. The highest BCUT2D eigenvalue weighted by Crippen LogP contribution is 2.32. The van der Waals surface area contributed by atoms with E-state index in [2.05, 4.69) is 10.3 Å². The maximum absolute atomic E-state index is 13.6. The molecule has 3 aromatic rings. The highest BCUT2D eigenvalue weighted by Gasteiger charge is 2.32. The van der Waals surface area contributed by atoms with Gasteiger partial charge in [0.05, 0.1) is 18.2 Å². The van der Waals surface area contributed by atoms with Gasteiger partial charge < -0.3 is 34.6 Å². The van der Waals surface area contributed by atoms with E-state index in [1.807, 2.05) is 36.1 Å². The van der Waals surface area contributed by atoms with Crippen LogP contribution in [0.5, 0.6) is 5.75 Å². The lowest BCUT2D eigenvalue weighted by Gasteiger charge is -2.35. The smallest absolute Gasteiger partial charge is 0.409 e. The van der Waals surface area contributed by atoms with E-state index in [1.165, 1.54) is 15.9 Å². The number of piperazine rings is 1. The number of carbonyl (C=O) groups is 5. The predicted octanol–water partition coefficient (Wildman–Crippen LogP) is 3.55. The van der Waals surface area contributed by atoms with E-state index in [9.17, 15) is 29.1 Å². The second-order valence-electron chi connectivity index (χ2n) is 11.9. The van der Waals surface area contributed by atoms with Gasteiger partial charge in [-0.2, -0.15) is 0 Å². The molecule has 2 atom stereocenters. The number of pyridine rings is 1. The third-order valence-electron chi connectivity index (χ3n) is 8.66. The number of carbonyl (C=O) groups excluding carboxylic acids is 4. The predicted molar refractivity (Wildman–Crippen MR) is 175 cm³/mol. The maximum Gasteiger partial charge on any atom is 0.409 e. The third kappa shape index (κ3) is 8.20. The molecular formula is C35H41N5O8. The van der Waals surface area contributed by atoms with Crippen molar-refractivity contribution in [2.75, 3.05) is 45.9 Å². The van der Waals surface area contributed by atoms with E-state index in [0.29, 0.717) is 17.4 Å². The number of rotatable bonds is 11. The van der Waals surface area contributed by atoms with Gasteiger partial charge in [-0.3, -0.25) is 19.2 Å². The van der Waals surface area contributed by atoms with Crippen LogP contribution >= 0.6 is 0 Å². The van der Waals surface area contributed by atoms with Crippen molar-refractivity contribution in [2.24, 2.45) is 0 Å². The summed E-state index contributed by atoms with van der Waals surface area (Å²) in [6.45, 7) is 5.26. The lowest BCUT2D eigenvalue weighted by atomic mass is 10.0. The zero-order chi connectivity index (χ0) is 34.2. The Morgan fingerprint density at radius 2 is 1.69 bits per heavy atom. The van der Waals surface area contributed by atoms with Gasteiger partial charge in [-0.05, 0) is 50.8 Å². The van der Waals surface area contributed by atoms with Gasteiger partial charge in [0, 0.05) is 50.6 Å². The second kappa shape index (κ2) is 15.6. The molecule has 2 N–H and O–H groups in total. The van der Waals surface area contributed by atoms with Gasteiger partial charge in [0.15, 0.2) is 6.61 Å². The number of fused-ring (bicyclic) bond motifs is 1. The first-order valence-electron chi connectivity index (χ1n) is 16.3. The minimum atomic E-state index is -1.14. The van der Waals surface area contributed by atoms with Crippen LogP contribution in [0.1, 0.15) is 60.3 Å². The zero-order valence-electron chi connectivity index (χ0n) is 27.2. The van der Waals surface area contributed by atoms with Crippen molar-refractivity contribution in [1.29, 1.82) is 0 Å². The number of aryl methyl sites for hydroxylation is 1. The Morgan fingerprint density at radius 1 is 0.979 bits per heavy atom. The van der Waals surface area contributed by atoms with Crippen LogP contribution in [0.2, 0.25) is 0 Å². The van der Waals surface area contributed by atoms with Crippen LogP contribution < -0.4 is 10.1 Å². The molecule has 4 amide bonds. The molecule has 2 unspecified atom stereocenters. The molecule has 0 aliphatic carbocycles. The summed E-state index contributed by atoms with van der Waals surface area (Å²) in [5.41, 5.74) is 2.63. The third-order valence-corrected chi connectivity index (χ3v) is 8.66. The molecule has 48 heavy (non-hydrogen) atoms. The number of amides is 4. The SMILES string of the molecule is CCOC(=O)N1CCN(C(=O)C(CCC(=O)O)NC(=O)c2cc(OCC(=O)N3CCCC3c3ccc(C)cc3)c3ccccc3n2)CC1. The molecule has 2 aliphatic rings. The lowest BCUT2D eigenvalue weighted by Crippen LogP contribution is -2.56. The molecule has 0 spiro atoms. The number of hydrogen-bond donors (Lipinski definition) is 2. The number of nitrogens with zero attached hydrogens (tertiary/aromatic N) is 4. The molecule has 5 rings (SSSR count). The molecule has 0 bridgehead atoms. The van der Waals surface area contributed by atoms with Gasteiger partial charge >= 0.3 is 12.1 Å². The molecule has 2 aromatic carbocycles. The quantitative estimate of drug-likeness (QED) is 0.314. The van der Waals surface area contributed by atoms with Gasteiger partial charge in [-0.15, -0.1) is 0 Å². The Bertz CT molecular complexity index is 1650. The zero-order valence-corrected chi connectivity index (χ0v) is 27.2. The average Bonchev–Trinajstić information content (AvgIpc) is 3.59. The number of aliphatic carboxylic acids is 1. The Balaban J connectivity index is 1.30. The molecule has 254 valence electrons. The number of ether oxygens (including phenoxy) is 2. The van der Waals surface area contributed by atoms with Crippen molar-refractivity contribution in [3.63, 3.8) is 0 Å². The van der Waals surface area contributed by atoms with Gasteiger partial charge in [0.1, 0.15) is 17.5 Å². The Hall–Kier alpha value is -5.20. The molecule has 2 saturated heterocycles. The number of hydrogen-bond acceptors (Lipinski definition) is 8. The van der Waals surface area contributed by atoms with Crippen LogP contribution in [-0.4, -0.2) is 107 Å². The van der Waals surface area contributed by atoms with Gasteiger partial charge in [0.2, 0.25) is 5.91 Å². The van der Waals surface area contributed by atoms with Crippen LogP contribution in [0.3, 0.4) is 0 Å². The van der Waals surface area contributed by atoms with E-state index < -0.39 is 29.9 Å². The van der Waals surface area contributed by atoms with Crippen molar-refractivity contribution >= 4 is 40.7 Å². The molecule has 1 aromatic heterocycles. The highest BCUT2D eigenvalue weighted by molar-refractivity contribution is 5.99. The standard InChI is InChI=1S/C35H41N5O8/c1-3-47-35(46)39-19-17-38(18-20-39)34(45)27(14-15-32(42)43)37-33(44)28-21-30(25-7-4-5-8-26(25)36-28)48-22-31(41)40-16-6-9-29(40)24-12-10-23(2)11-13-24/h4-5,7-8,10-13,21,27,29H,3,6,9,14-20,22H2,1-2H3,(H,37,44)(H,42,43). The number of carboxylic acid groups (broad SMARTS) is 1. The van der Waals surface area contributed by atoms with Crippen LogP contribution in [0.4, 0.5) is 4.79 Å². The monoisotopic (exact) mass is 659 g/mol. The van der Waals surface area contributed by atoms with Crippen LogP contribution in [0.15, 0.2) is 54.6 Å². The number of likely N-dealkylation sites (tertiary alicyclic amines) is 1. The number of benzene rings is 2. The average molecular weight is 660 g/mol. The Labute approximate surface area is 278 Å². The first-order chi connectivity index (χ1) is 23.1. The number of aromatic nitrogens is 1. The molecule has 13 heteroatoms. The van der Waals surface area contributed by atoms with Gasteiger partial charge in [-0.25, -0.2) is 9.78 Å². The van der Waals surface area contributed by atoms with Crippen LogP contribution in [0, 0.1) is 6.92 Å². The second-order valence-corrected chi connectivity index (χ2v) is 11.9. The summed E-state index contributed by atoms with van der Waals surface area (Å²) in [6.07, 6.45) is 0.798. The summed E-state index contributed by atoms with van der Waals surface area (Å²) in [5, 5.41) is 12.6. The first kappa shape index (κ1) is 34.1. The summed E-state index contributed by atoms with van der Waals surface area (Å²) in [5.74, 6) is -2.14. The highest BCUT2D eigenvalue weighted by atomic mass is 16.6. The lowest BCUT2D eigenvalue weighted by molar-refractivity contribution is -0.138. The molecule has 3 heterocycles. The molecule has 13 nitrogen and oxygen atoms in total. The fourth-order valence-corrected chi connectivity index (χ4v) is 6.10. The molecular weight excluding hydrogens is 618 g/mol. The van der Waals surface area contributed by atoms with Gasteiger partial charge in [-0.1, -0.05) is 42.0 Å². The minimum Gasteiger partial charge on any atom is -0.483 e. The summed E-state index contributed by atoms with van der Waals surface area (Å²) < 4.78 is 11.1. The summed E-state index contributed by atoms with van der Waals surface area (Å²) in [4.78, 5) is 73.3. The Kier molecular flexibility index (Phi) is 11.1. The van der Waals surface area contributed by atoms with Crippen molar-refractivity contribution in [3.05, 3.63) is 71.4 Å². The van der Waals surface area contributed by atoms with E-state index in [4.69, 9.17) is 9.47 Å². The topological polar surface area (TPSA) is 159 Å². The molecule has 2 fully saturated rings. The van der Waals surface area contributed by atoms with Crippen molar-refractivity contribution in [3.8, 4) is 5.75 Å². The van der Waals surface area contributed by atoms with Crippen molar-refractivity contribution < 1.29 is 38.6 Å². The summed E-state index contributed by atoms with van der Waals surface area (Å²) >= 11 is 0. The van der Waals surface area contributed by atoms with E-state index in [1.54, 1.807) is 31.2 Å². The Morgan fingerprint density at radius 3 is 2.40 bits per heavy atom. The van der Waals surface area contributed by atoms with Crippen LogP contribution in [0.25, 0.3) is 10.9 Å². The fraction of sp³-hybridized carbons (Fsp3) is 0.429. The van der Waals surface area contributed by atoms with Crippen LogP contribution in [-0.2, 0) is 19.1 Å². The number of para-hydroxylation sites is 1. The van der Waals surface area contributed by atoms with Gasteiger partial charge in [0.25, 0.3) is 11.8 Å². The summed E-state index contributed by atoms with van der Waals surface area (Å²) in [6, 6.07) is 15.5. The number of carboxylic acids is 1. The van der Waals surface area contributed by atoms with E-state index >= 15 is 0 Å². The summed E-state index contributed by atoms with van der Waals surface area (Å²) in [7, 11) is 0. The largest absolute Gasteiger partial charge is 0.483 e. The maximum atomic E-state index is 13.6. The number of nitrogens with one attached hydrogen (secondary N) is 1. The van der Waals surface area contributed by atoms with Crippen molar-refractivity contribution in [1.82, 2.24) is 25.0 Å².